The Morgan fingerprint density at radius 3 is 2.49 bits per heavy atom. The van der Waals surface area contributed by atoms with E-state index in [-0.39, 0.29) is 18.4 Å². The number of ketones is 1. The molecule has 1 amide bonds. The van der Waals surface area contributed by atoms with E-state index in [2.05, 4.69) is 37.7 Å². The van der Waals surface area contributed by atoms with E-state index >= 15 is 0 Å². The normalized spacial score (nSPS) is 13.6. The fourth-order valence-corrected chi connectivity index (χ4v) is 4.25. The second-order valence-corrected chi connectivity index (χ2v) is 9.44. The molecular weight excluding hydrogens is 539 g/mol. The molecule has 0 spiro atoms. The summed E-state index contributed by atoms with van der Waals surface area (Å²) in [5, 5.41) is 15.0. The van der Waals surface area contributed by atoms with Crippen LogP contribution in [0.1, 0.15) is 56.6 Å². The lowest BCUT2D eigenvalue weighted by atomic mass is 10.0. The highest BCUT2D eigenvalue weighted by atomic mass is 19.4. The molecule has 0 unspecified atom stereocenters. The fourth-order valence-electron chi connectivity index (χ4n) is 4.25. The number of H-pyrrole nitrogens is 1. The van der Waals surface area contributed by atoms with E-state index in [1.54, 1.807) is 6.20 Å². The minimum atomic E-state index is -5.19. The summed E-state index contributed by atoms with van der Waals surface area (Å²) in [5.74, 6) is -1.87. The van der Waals surface area contributed by atoms with Crippen LogP contribution in [-0.2, 0) is 20.8 Å². The highest BCUT2D eigenvalue weighted by Crippen LogP contribution is 2.17. The van der Waals surface area contributed by atoms with Crippen molar-refractivity contribution in [1.29, 1.82) is 0 Å². The molecule has 2 aromatic heterocycles. The first-order valence-electron chi connectivity index (χ1n) is 13.3. The molecule has 0 saturated heterocycles. The maximum atomic E-state index is 13.0. The molecule has 1 aromatic carbocycles. The quantitative estimate of drug-likeness (QED) is 0.287. The van der Waals surface area contributed by atoms with E-state index in [9.17, 15) is 22.8 Å². The minimum Gasteiger partial charge on any atom is -0.542 e. The van der Waals surface area contributed by atoms with Crippen molar-refractivity contribution in [2.24, 2.45) is 4.99 Å². The number of alkyl halides is 3. The van der Waals surface area contributed by atoms with Crippen LogP contribution in [-0.4, -0.2) is 45.7 Å². The Hall–Kier alpha value is -4.32. The van der Waals surface area contributed by atoms with Gasteiger partial charge in [-0.15, -0.1) is 0 Å². The van der Waals surface area contributed by atoms with Gasteiger partial charge in [0.1, 0.15) is 23.4 Å². The Balaban J connectivity index is 0.000000587. The number of nitrogens with zero attached hydrogens (tertiary/aromatic N) is 2. The molecule has 0 saturated carbocycles. The van der Waals surface area contributed by atoms with Gasteiger partial charge in [0.05, 0.1) is 12.6 Å². The number of Topliss-reactive ketones (excluding diaryl/α,β-unsaturated/α-hetero) is 1. The maximum Gasteiger partial charge on any atom is 0.430 e. The fraction of sp³-hybridized carbons (Fsp3) is 0.345. The lowest BCUT2D eigenvalue weighted by Gasteiger charge is -2.17. The zero-order valence-corrected chi connectivity index (χ0v) is 22.5. The summed E-state index contributed by atoms with van der Waals surface area (Å²) >= 11 is 0. The van der Waals surface area contributed by atoms with Crippen LogP contribution in [0.3, 0.4) is 0 Å². The zero-order chi connectivity index (χ0) is 29.8. The van der Waals surface area contributed by atoms with Gasteiger partial charge in [0.2, 0.25) is 11.7 Å². The maximum absolute atomic E-state index is 13.0. The number of aliphatic imine (C=N–C) groups is 1. The standard InChI is InChI=1S/C27H31N5O2.C2HF3O2/c1-2-21(33)12-7-4-8-14-23(27-30-18-24(32-27)19-10-5-3-6-11-19)31-25(34)16-20-17-29-26-22(20)13-9-15-28-26;3-2(4,5)1(6)7/h3,5-6,9-11,13,15,17-18,23H,2,4,7-8,12,14,16H2,1H3,(H,28,29)(H,30,32)(H,31,34);(H,6,7)/t23-;/m0./s1. The third-order valence-electron chi connectivity index (χ3n) is 6.42. The van der Waals surface area contributed by atoms with Crippen molar-refractivity contribution >= 4 is 40.2 Å². The molecular formula is C29H32F3N5O4. The number of pyridine rings is 1. The number of nitrogens with two attached hydrogens (primary N) is 1. The number of fused-ring (bicyclic) bond motifs is 1. The number of carboxylic acid groups (broad SMARTS) is 1. The number of quaternary nitrogens is 1. The Morgan fingerprint density at radius 1 is 1.07 bits per heavy atom. The number of nitrogens with one attached hydrogen (secondary N) is 2. The monoisotopic (exact) mass is 571 g/mol. The first kappa shape index (κ1) is 31.2. The number of carboxylic acids is 1. The average molecular weight is 572 g/mol. The molecule has 0 radical (unpaired) electrons. The first-order chi connectivity index (χ1) is 19.6. The number of aliphatic carboxylic acids is 1. The van der Waals surface area contributed by atoms with Crippen LogP contribution < -0.4 is 15.7 Å². The van der Waals surface area contributed by atoms with Crippen molar-refractivity contribution in [2.75, 3.05) is 0 Å². The number of rotatable bonds is 12. The number of halogens is 3. The number of unbranched alkanes of at least 4 members (excludes halogenated alkanes) is 2. The summed E-state index contributed by atoms with van der Waals surface area (Å²) in [6.45, 7) is 1.91. The third kappa shape index (κ3) is 9.67. The van der Waals surface area contributed by atoms with E-state index in [4.69, 9.17) is 9.90 Å². The number of hydrogen-bond donors (Lipinski definition) is 3. The van der Waals surface area contributed by atoms with Gasteiger partial charge in [-0.2, -0.15) is 13.2 Å². The van der Waals surface area contributed by atoms with Crippen molar-refractivity contribution in [2.45, 2.75) is 64.1 Å². The Bertz CT molecular complexity index is 1400. The van der Waals surface area contributed by atoms with Crippen LogP contribution >= 0.6 is 0 Å². The van der Waals surface area contributed by atoms with Gasteiger partial charge in [-0.25, -0.2) is 9.98 Å². The van der Waals surface area contributed by atoms with Gasteiger partial charge in [0.15, 0.2) is 5.70 Å². The minimum absolute atomic E-state index is 0.0415. The van der Waals surface area contributed by atoms with E-state index in [1.165, 1.54) is 0 Å². The van der Waals surface area contributed by atoms with Crippen LogP contribution in [0.5, 0.6) is 0 Å². The Labute approximate surface area is 235 Å². The summed E-state index contributed by atoms with van der Waals surface area (Å²) in [6.07, 6.45) is 5.33. The van der Waals surface area contributed by atoms with E-state index < -0.39 is 12.1 Å². The largest absolute Gasteiger partial charge is 0.542 e. The molecule has 41 heavy (non-hydrogen) atoms. The molecule has 1 aliphatic rings. The summed E-state index contributed by atoms with van der Waals surface area (Å²) in [5.41, 5.74) is 3.87. The van der Waals surface area contributed by atoms with Crippen LogP contribution in [0, 0.1) is 0 Å². The second kappa shape index (κ2) is 14.9. The summed E-state index contributed by atoms with van der Waals surface area (Å²) in [4.78, 5) is 45.5. The molecule has 0 bridgehead atoms. The van der Waals surface area contributed by atoms with E-state index in [0.29, 0.717) is 18.6 Å². The average Bonchev–Trinajstić information content (AvgIpc) is 3.60. The van der Waals surface area contributed by atoms with Gasteiger partial charge in [-0.05, 0) is 42.7 Å². The van der Waals surface area contributed by atoms with Crippen molar-refractivity contribution in [3.05, 3.63) is 72.2 Å². The molecule has 0 fully saturated rings. The second-order valence-electron chi connectivity index (χ2n) is 9.44. The smallest absolute Gasteiger partial charge is 0.430 e. The van der Waals surface area contributed by atoms with Crippen molar-refractivity contribution in [3.63, 3.8) is 0 Å². The summed E-state index contributed by atoms with van der Waals surface area (Å²) < 4.78 is 31.5. The van der Waals surface area contributed by atoms with Crippen LogP contribution in [0.25, 0.3) is 16.7 Å². The van der Waals surface area contributed by atoms with Crippen LogP contribution in [0.2, 0.25) is 0 Å². The molecule has 1 atom stereocenters. The van der Waals surface area contributed by atoms with Gasteiger partial charge in [0, 0.05) is 36.2 Å². The van der Waals surface area contributed by atoms with Crippen molar-refractivity contribution < 1.29 is 38.0 Å². The number of carbonyl (C=O) groups excluding carboxylic acids is 3. The van der Waals surface area contributed by atoms with Crippen molar-refractivity contribution in [1.82, 2.24) is 15.3 Å². The number of hydrogen-bond acceptors (Lipinski definition) is 6. The number of aromatic nitrogens is 2. The molecule has 4 N–H and O–H groups in total. The molecule has 3 aromatic rings. The van der Waals surface area contributed by atoms with Gasteiger partial charge < -0.3 is 20.2 Å². The molecule has 1 aliphatic heterocycles. The van der Waals surface area contributed by atoms with Gasteiger partial charge in [0.25, 0.3) is 0 Å². The lowest BCUT2D eigenvalue weighted by Crippen LogP contribution is -2.87. The van der Waals surface area contributed by atoms with Crippen molar-refractivity contribution in [3.8, 4) is 0 Å². The topological polar surface area (TPSA) is 144 Å². The summed E-state index contributed by atoms with van der Waals surface area (Å²) in [6, 6.07) is 13.8. The number of aromatic amines is 1. The SMILES string of the molecule is CCC(=O)CCCCC[C@H](NC(=O)Cc1c[nH]c2ncccc12)C1=NC=C(c2ccccc2)[NH2+]1.O=C([O-])C(F)(F)F. The Kier molecular flexibility index (Phi) is 11.3. The first-order valence-corrected chi connectivity index (χ1v) is 13.3. The van der Waals surface area contributed by atoms with Gasteiger partial charge in [-0.1, -0.05) is 38.0 Å². The number of amides is 1. The lowest BCUT2D eigenvalue weighted by molar-refractivity contribution is -0.434. The third-order valence-corrected chi connectivity index (χ3v) is 6.42. The molecule has 4 rings (SSSR count). The summed E-state index contributed by atoms with van der Waals surface area (Å²) in [7, 11) is 0. The number of amidine groups is 1. The predicted molar refractivity (Wildman–Crippen MR) is 145 cm³/mol. The molecule has 3 heterocycles. The zero-order valence-electron chi connectivity index (χ0n) is 22.5. The van der Waals surface area contributed by atoms with Gasteiger partial charge >= 0.3 is 6.18 Å². The van der Waals surface area contributed by atoms with E-state index in [0.717, 1.165) is 59.4 Å². The molecule has 218 valence electrons. The highest BCUT2D eigenvalue weighted by molar-refractivity contribution is 5.92. The Morgan fingerprint density at radius 2 is 1.80 bits per heavy atom. The molecule has 0 aliphatic carbocycles. The van der Waals surface area contributed by atoms with Crippen LogP contribution in [0.4, 0.5) is 13.2 Å². The predicted octanol–water partition coefficient (Wildman–Crippen LogP) is 2.79. The van der Waals surface area contributed by atoms with E-state index in [1.807, 2.05) is 49.7 Å². The molecule has 9 nitrogen and oxygen atoms in total. The van der Waals surface area contributed by atoms with Crippen LogP contribution in [0.15, 0.2) is 66.1 Å². The van der Waals surface area contributed by atoms with Gasteiger partial charge in [-0.3, -0.25) is 14.9 Å². The number of carbonyl (C=O) groups is 3. The highest BCUT2D eigenvalue weighted by Gasteiger charge is 2.29. The number of benzene rings is 1. The molecule has 12 heteroatoms.